The molecule has 0 aliphatic carbocycles. The van der Waals surface area contributed by atoms with Crippen molar-refractivity contribution in [1.82, 2.24) is 0 Å². The predicted octanol–water partition coefficient (Wildman–Crippen LogP) is 4.74. The molecule has 2 aromatic carbocycles. The van der Waals surface area contributed by atoms with Crippen molar-refractivity contribution in [2.75, 3.05) is 31.2 Å². The molecule has 2 heterocycles. The molecule has 0 atom stereocenters. The van der Waals surface area contributed by atoms with E-state index < -0.39 is 17.9 Å². The fourth-order valence-electron chi connectivity index (χ4n) is 3.55. The van der Waals surface area contributed by atoms with Gasteiger partial charge in [-0.05, 0) is 54.7 Å². The maximum atomic E-state index is 14.1. The highest BCUT2D eigenvalue weighted by Crippen LogP contribution is 2.33. The van der Waals surface area contributed by atoms with Gasteiger partial charge in [-0.1, -0.05) is 24.3 Å². The molecule has 2 saturated heterocycles. The first-order valence-corrected chi connectivity index (χ1v) is 9.49. The fraction of sp³-hybridized carbons (Fsp3) is 0.364. The van der Waals surface area contributed by atoms with Gasteiger partial charge in [0, 0.05) is 18.8 Å². The van der Waals surface area contributed by atoms with Gasteiger partial charge in [-0.2, -0.15) is 0 Å². The second-order valence-electron chi connectivity index (χ2n) is 6.99. The van der Waals surface area contributed by atoms with Crippen molar-refractivity contribution < 1.29 is 19.0 Å². The summed E-state index contributed by atoms with van der Waals surface area (Å²) in [6.07, 6.45) is 6.36. The van der Waals surface area contributed by atoms with Crippen LogP contribution in [-0.4, -0.2) is 31.4 Å². The molecule has 0 bridgehead atoms. The van der Waals surface area contributed by atoms with Crippen molar-refractivity contribution in [2.45, 2.75) is 25.6 Å². The van der Waals surface area contributed by atoms with Crippen LogP contribution in [0.1, 0.15) is 42.2 Å². The molecule has 1 N–H and O–H groups in total. The highest BCUT2D eigenvalue weighted by atomic mass is 19.1. The molecule has 0 unspecified atom stereocenters. The van der Waals surface area contributed by atoms with Crippen LogP contribution in [-0.2, 0) is 9.47 Å². The lowest BCUT2D eigenvalue weighted by molar-refractivity contribution is -0.183. The Bertz CT molecular complexity index is 807. The normalized spacial score (nSPS) is 18.5. The van der Waals surface area contributed by atoms with Gasteiger partial charge in [0.1, 0.15) is 0 Å². The Morgan fingerprint density at radius 3 is 2.30 bits per heavy atom. The standard InChI is InChI=1S/C22H24FNO3/c23-20-15-17(14-19(21(20)25)22-26-12-3-13-27-22)5-4-16-6-8-18(9-7-16)24-10-1-2-11-24/h4-9,14-15,22,25H,1-3,10-13H2/b5-4+. The Kier molecular flexibility index (Phi) is 5.41. The molecular formula is C22H24FNO3. The summed E-state index contributed by atoms with van der Waals surface area (Å²) in [4.78, 5) is 2.39. The third-order valence-electron chi connectivity index (χ3n) is 5.03. The minimum Gasteiger partial charge on any atom is -0.504 e. The van der Waals surface area contributed by atoms with Crippen molar-refractivity contribution in [1.29, 1.82) is 0 Å². The smallest absolute Gasteiger partial charge is 0.187 e. The third-order valence-corrected chi connectivity index (χ3v) is 5.03. The van der Waals surface area contributed by atoms with Gasteiger partial charge in [0.05, 0.1) is 18.8 Å². The summed E-state index contributed by atoms with van der Waals surface area (Å²) in [7, 11) is 0. The van der Waals surface area contributed by atoms with Crippen molar-refractivity contribution in [2.24, 2.45) is 0 Å². The number of phenolic OH excluding ortho intramolecular Hbond substituents is 1. The topological polar surface area (TPSA) is 41.9 Å². The summed E-state index contributed by atoms with van der Waals surface area (Å²) < 4.78 is 25.1. The van der Waals surface area contributed by atoms with E-state index in [1.807, 2.05) is 12.2 Å². The second-order valence-corrected chi connectivity index (χ2v) is 6.99. The molecule has 4 rings (SSSR count). The number of aromatic hydroxyl groups is 1. The van der Waals surface area contributed by atoms with E-state index >= 15 is 0 Å². The fourth-order valence-corrected chi connectivity index (χ4v) is 3.55. The SMILES string of the molecule is Oc1c(F)cc(/C=C/c2ccc(N3CCCC3)cc2)cc1C1OCCCO1. The summed E-state index contributed by atoms with van der Waals surface area (Å²) >= 11 is 0. The number of nitrogens with zero attached hydrogens (tertiary/aromatic N) is 1. The molecule has 2 aliphatic rings. The first-order chi connectivity index (χ1) is 13.2. The zero-order chi connectivity index (χ0) is 18.6. The molecule has 2 aromatic rings. The lowest BCUT2D eigenvalue weighted by Crippen LogP contribution is -2.18. The summed E-state index contributed by atoms with van der Waals surface area (Å²) in [6, 6.07) is 11.4. The maximum Gasteiger partial charge on any atom is 0.187 e. The zero-order valence-corrected chi connectivity index (χ0v) is 15.2. The number of hydrogen-bond donors (Lipinski definition) is 1. The van der Waals surface area contributed by atoms with E-state index in [9.17, 15) is 9.50 Å². The van der Waals surface area contributed by atoms with E-state index in [1.165, 1.54) is 24.6 Å². The van der Waals surface area contributed by atoms with Gasteiger partial charge in [0.25, 0.3) is 0 Å². The zero-order valence-electron chi connectivity index (χ0n) is 15.2. The molecule has 0 radical (unpaired) electrons. The molecule has 4 nitrogen and oxygen atoms in total. The van der Waals surface area contributed by atoms with Gasteiger partial charge in [-0.25, -0.2) is 4.39 Å². The highest BCUT2D eigenvalue weighted by Gasteiger charge is 2.22. The monoisotopic (exact) mass is 369 g/mol. The van der Waals surface area contributed by atoms with Crippen molar-refractivity contribution in [3.63, 3.8) is 0 Å². The number of benzene rings is 2. The lowest BCUT2D eigenvalue weighted by atomic mass is 10.1. The molecule has 27 heavy (non-hydrogen) atoms. The Morgan fingerprint density at radius 2 is 1.59 bits per heavy atom. The largest absolute Gasteiger partial charge is 0.504 e. The summed E-state index contributed by atoms with van der Waals surface area (Å²) in [5.41, 5.74) is 3.27. The van der Waals surface area contributed by atoms with Gasteiger partial charge in [0.2, 0.25) is 0 Å². The Morgan fingerprint density at radius 1 is 0.926 bits per heavy atom. The number of rotatable bonds is 4. The average molecular weight is 369 g/mol. The average Bonchev–Trinajstić information content (AvgIpc) is 3.25. The number of ether oxygens (including phenoxy) is 2. The van der Waals surface area contributed by atoms with Crippen LogP contribution < -0.4 is 4.90 Å². The van der Waals surface area contributed by atoms with Crippen LogP contribution in [0.4, 0.5) is 10.1 Å². The Hall–Kier alpha value is -2.37. The van der Waals surface area contributed by atoms with Crippen molar-refractivity contribution in [3.8, 4) is 5.75 Å². The van der Waals surface area contributed by atoms with E-state index in [0.717, 1.165) is 25.1 Å². The van der Waals surface area contributed by atoms with Gasteiger partial charge in [-0.3, -0.25) is 0 Å². The van der Waals surface area contributed by atoms with Gasteiger partial charge < -0.3 is 19.5 Å². The quantitative estimate of drug-likeness (QED) is 0.791. The number of phenols is 1. The first-order valence-electron chi connectivity index (χ1n) is 9.49. The predicted molar refractivity (Wildman–Crippen MR) is 104 cm³/mol. The Balaban J connectivity index is 1.52. The first kappa shape index (κ1) is 18.0. The molecule has 0 amide bonds. The molecule has 0 aromatic heterocycles. The molecule has 0 spiro atoms. The van der Waals surface area contributed by atoms with Gasteiger partial charge >= 0.3 is 0 Å². The van der Waals surface area contributed by atoms with Crippen molar-refractivity contribution >= 4 is 17.8 Å². The molecular weight excluding hydrogens is 345 g/mol. The maximum absolute atomic E-state index is 14.1. The summed E-state index contributed by atoms with van der Waals surface area (Å²) in [5.74, 6) is -1.08. The van der Waals surface area contributed by atoms with Crippen LogP contribution >= 0.6 is 0 Å². The van der Waals surface area contributed by atoms with E-state index in [1.54, 1.807) is 6.07 Å². The second kappa shape index (κ2) is 8.11. The van der Waals surface area contributed by atoms with Crippen LogP contribution in [0, 0.1) is 5.82 Å². The van der Waals surface area contributed by atoms with Gasteiger partial charge in [-0.15, -0.1) is 0 Å². The van der Waals surface area contributed by atoms with E-state index in [0.29, 0.717) is 24.3 Å². The van der Waals surface area contributed by atoms with Crippen LogP contribution in [0.25, 0.3) is 12.2 Å². The van der Waals surface area contributed by atoms with E-state index in [2.05, 4.69) is 29.2 Å². The number of anilines is 1. The van der Waals surface area contributed by atoms with Gasteiger partial charge in [0.15, 0.2) is 17.9 Å². The van der Waals surface area contributed by atoms with Crippen LogP contribution in [0.15, 0.2) is 36.4 Å². The van der Waals surface area contributed by atoms with Crippen LogP contribution in [0.2, 0.25) is 0 Å². The minimum atomic E-state index is -0.721. The molecule has 142 valence electrons. The Labute approximate surface area is 158 Å². The van der Waals surface area contributed by atoms with Crippen LogP contribution in [0.5, 0.6) is 5.75 Å². The molecule has 2 aliphatic heterocycles. The highest BCUT2D eigenvalue weighted by molar-refractivity contribution is 5.71. The van der Waals surface area contributed by atoms with Crippen LogP contribution in [0.3, 0.4) is 0 Å². The van der Waals surface area contributed by atoms with E-state index in [4.69, 9.17) is 9.47 Å². The molecule has 2 fully saturated rings. The lowest BCUT2D eigenvalue weighted by Gasteiger charge is -2.24. The molecule has 0 saturated carbocycles. The third kappa shape index (κ3) is 4.15. The minimum absolute atomic E-state index is 0.332. The summed E-state index contributed by atoms with van der Waals surface area (Å²) in [6.45, 7) is 3.32. The molecule has 5 heteroatoms. The van der Waals surface area contributed by atoms with Crippen molar-refractivity contribution in [3.05, 3.63) is 58.9 Å². The summed E-state index contributed by atoms with van der Waals surface area (Å²) in [5, 5.41) is 10.0. The number of hydrogen-bond acceptors (Lipinski definition) is 4. The van der Waals surface area contributed by atoms with E-state index in [-0.39, 0.29) is 0 Å². The number of halogens is 1.